The second-order valence-corrected chi connectivity index (χ2v) is 4.05. The smallest absolute Gasteiger partial charge is 0.336 e. The Morgan fingerprint density at radius 1 is 1.25 bits per heavy atom. The zero-order chi connectivity index (χ0) is 11.9. The molecule has 0 amide bonds. The number of benzene rings is 1. The highest BCUT2D eigenvalue weighted by Crippen LogP contribution is 2.28. The Labute approximate surface area is 93.3 Å². The second-order valence-electron chi connectivity index (χ2n) is 4.05. The molecule has 1 aromatic carbocycles. The van der Waals surface area contributed by atoms with Gasteiger partial charge in [-0.2, -0.15) is 0 Å². The summed E-state index contributed by atoms with van der Waals surface area (Å²) >= 11 is 0. The van der Waals surface area contributed by atoms with Crippen molar-refractivity contribution < 1.29 is 4.42 Å². The van der Waals surface area contributed by atoms with Gasteiger partial charge in [0.15, 0.2) is 0 Å². The van der Waals surface area contributed by atoms with Gasteiger partial charge >= 0.3 is 5.63 Å². The molecule has 0 radical (unpaired) electrons. The van der Waals surface area contributed by atoms with Crippen LogP contribution in [0.4, 0.5) is 11.4 Å². The van der Waals surface area contributed by atoms with Crippen LogP contribution in [0.15, 0.2) is 27.4 Å². The monoisotopic (exact) mass is 218 g/mol. The van der Waals surface area contributed by atoms with Crippen molar-refractivity contribution in [1.29, 1.82) is 0 Å². The number of nitrogens with two attached hydrogens (primary N) is 1. The highest BCUT2D eigenvalue weighted by atomic mass is 16.4. The maximum atomic E-state index is 11.3. The van der Waals surface area contributed by atoms with Crippen LogP contribution in [-0.2, 0) is 0 Å². The molecule has 0 aliphatic carbocycles. The predicted octanol–water partition coefficient (Wildman–Crippen LogP) is 1.75. The summed E-state index contributed by atoms with van der Waals surface area (Å²) in [7, 11) is 3.79. The van der Waals surface area contributed by atoms with Gasteiger partial charge < -0.3 is 15.1 Å². The molecule has 0 bridgehead atoms. The van der Waals surface area contributed by atoms with Crippen LogP contribution in [-0.4, -0.2) is 14.1 Å². The van der Waals surface area contributed by atoms with Crippen LogP contribution in [0.2, 0.25) is 0 Å². The van der Waals surface area contributed by atoms with Crippen molar-refractivity contribution in [2.75, 3.05) is 24.7 Å². The Bertz CT molecular complexity index is 600. The van der Waals surface area contributed by atoms with Gasteiger partial charge in [-0.3, -0.25) is 0 Å². The molecule has 1 heterocycles. The number of rotatable bonds is 1. The zero-order valence-electron chi connectivity index (χ0n) is 9.57. The molecule has 0 unspecified atom stereocenters. The summed E-state index contributed by atoms with van der Waals surface area (Å²) in [4.78, 5) is 13.1. The molecule has 0 aliphatic heterocycles. The van der Waals surface area contributed by atoms with E-state index in [0.717, 1.165) is 16.6 Å². The fraction of sp³-hybridized carbons (Fsp3) is 0.250. The highest BCUT2D eigenvalue weighted by Gasteiger charge is 2.08. The van der Waals surface area contributed by atoms with E-state index in [1.54, 1.807) is 6.07 Å². The molecular formula is C12H14N2O2. The van der Waals surface area contributed by atoms with Gasteiger partial charge in [0, 0.05) is 31.6 Å². The first-order valence-electron chi connectivity index (χ1n) is 5.00. The molecule has 4 nitrogen and oxygen atoms in total. The molecule has 1 aromatic heterocycles. The first kappa shape index (κ1) is 10.5. The summed E-state index contributed by atoms with van der Waals surface area (Å²) in [6, 6.07) is 5.10. The van der Waals surface area contributed by atoms with Gasteiger partial charge in [-0.25, -0.2) is 4.79 Å². The largest absolute Gasteiger partial charge is 0.423 e. The third-order valence-electron chi connectivity index (χ3n) is 2.58. The van der Waals surface area contributed by atoms with Crippen LogP contribution in [0.1, 0.15) is 5.56 Å². The molecule has 16 heavy (non-hydrogen) atoms. The lowest BCUT2D eigenvalue weighted by molar-refractivity contribution is 0.560. The Morgan fingerprint density at radius 3 is 2.56 bits per heavy atom. The van der Waals surface area contributed by atoms with Crippen LogP contribution in [0.5, 0.6) is 0 Å². The van der Waals surface area contributed by atoms with E-state index in [1.165, 1.54) is 6.07 Å². The number of hydrogen-bond acceptors (Lipinski definition) is 4. The molecule has 0 atom stereocenters. The van der Waals surface area contributed by atoms with Gasteiger partial charge in [-0.1, -0.05) is 0 Å². The molecule has 2 rings (SSSR count). The van der Waals surface area contributed by atoms with Gasteiger partial charge in [0.1, 0.15) is 5.58 Å². The van der Waals surface area contributed by atoms with Crippen LogP contribution in [0.3, 0.4) is 0 Å². The molecule has 2 aromatic rings. The van der Waals surface area contributed by atoms with E-state index in [1.807, 2.05) is 32.0 Å². The fourth-order valence-electron chi connectivity index (χ4n) is 1.76. The quantitative estimate of drug-likeness (QED) is 0.585. The third-order valence-corrected chi connectivity index (χ3v) is 2.58. The predicted molar refractivity (Wildman–Crippen MR) is 66.0 cm³/mol. The number of aryl methyl sites for hydroxylation is 1. The van der Waals surface area contributed by atoms with Crippen molar-refractivity contribution in [3.05, 3.63) is 34.2 Å². The highest BCUT2D eigenvalue weighted by molar-refractivity contribution is 5.89. The summed E-state index contributed by atoms with van der Waals surface area (Å²) in [5.41, 5.74) is 8.57. The van der Waals surface area contributed by atoms with Gasteiger partial charge in [-0.15, -0.1) is 0 Å². The van der Waals surface area contributed by atoms with Gasteiger partial charge in [0.25, 0.3) is 0 Å². The number of anilines is 2. The molecule has 0 aliphatic rings. The first-order valence-corrected chi connectivity index (χ1v) is 5.00. The molecule has 0 fully saturated rings. The lowest BCUT2D eigenvalue weighted by Crippen LogP contribution is -2.11. The van der Waals surface area contributed by atoms with E-state index in [4.69, 9.17) is 10.2 Å². The summed E-state index contributed by atoms with van der Waals surface area (Å²) < 4.78 is 5.15. The Morgan fingerprint density at radius 2 is 1.94 bits per heavy atom. The summed E-state index contributed by atoms with van der Waals surface area (Å²) in [5.74, 6) is 0. The topological polar surface area (TPSA) is 59.5 Å². The lowest BCUT2D eigenvalue weighted by Gasteiger charge is -2.15. The average Bonchev–Trinajstić information content (AvgIpc) is 2.18. The maximum absolute atomic E-state index is 11.3. The molecule has 4 heteroatoms. The second kappa shape index (κ2) is 3.56. The van der Waals surface area contributed by atoms with Crippen LogP contribution >= 0.6 is 0 Å². The van der Waals surface area contributed by atoms with E-state index in [9.17, 15) is 4.79 Å². The fourth-order valence-corrected chi connectivity index (χ4v) is 1.76. The van der Waals surface area contributed by atoms with Crippen molar-refractivity contribution in [3.8, 4) is 0 Å². The van der Waals surface area contributed by atoms with Gasteiger partial charge in [0.05, 0.1) is 11.4 Å². The maximum Gasteiger partial charge on any atom is 0.336 e. The number of fused-ring (bicyclic) bond motifs is 1. The van der Waals surface area contributed by atoms with E-state index in [-0.39, 0.29) is 5.63 Å². The summed E-state index contributed by atoms with van der Waals surface area (Å²) in [6.45, 7) is 1.87. The Hall–Kier alpha value is -1.97. The van der Waals surface area contributed by atoms with E-state index in [0.29, 0.717) is 11.3 Å². The SMILES string of the molecule is Cc1cc(=O)oc2cc(N(C)C)c(N)cc12. The molecular weight excluding hydrogens is 204 g/mol. The van der Waals surface area contributed by atoms with Gasteiger partial charge in [0.2, 0.25) is 0 Å². The normalized spacial score (nSPS) is 10.7. The third kappa shape index (κ3) is 1.62. The minimum Gasteiger partial charge on any atom is -0.423 e. The van der Waals surface area contributed by atoms with Crippen molar-refractivity contribution in [1.82, 2.24) is 0 Å². The van der Waals surface area contributed by atoms with Gasteiger partial charge in [-0.05, 0) is 18.6 Å². The first-order chi connectivity index (χ1) is 7.49. The van der Waals surface area contributed by atoms with Crippen LogP contribution in [0, 0.1) is 6.92 Å². The van der Waals surface area contributed by atoms with Crippen molar-refractivity contribution >= 4 is 22.3 Å². The van der Waals surface area contributed by atoms with Crippen molar-refractivity contribution in [2.24, 2.45) is 0 Å². The summed E-state index contributed by atoms with van der Waals surface area (Å²) in [6.07, 6.45) is 0. The molecule has 2 N–H and O–H groups in total. The Kier molecular flexibility index (Phi) is 2.34. The zero-order valence-corrected chi connectivity index (χ0v) is 9.57. The Balaban J connectivity index is 2.84. The minimum atomic E-state index is -0.334. The average molecular weight is 218 g/mol. The van der Waals surface area contributed by atoms with Crippen molar-refractivity contribution in [3.63, 3.8) is 0 Å². The van der Waals surface area contributed by atoms with Crippen LogP contribution < -0.4 is 16.3 Å². The van der Waals surface area contributed by atoms with E-state index < -0.39 is 0 Å². The number of nitrogen functional groups attached to an aromatic ring is 1. The molecule has 84 valence electrons. The summed E-state index contributed by atoms with van der Waals surface area (Å²) in [5, 5.41) is 0.878. The minimum absolute atomic E-state index is 0.334. The molecule has 0 saturated carbocycles. The molecule has 0 spiro atoms. The van der Waals surface area contributed by atoms with E-state index in [2.05, 4.69) is 0 Å². The lowest BCUT2D eigenvalue weighted by atomic mass is 10.1. The van der Waals surface area contributed by atoms with E-state index >= 15 is 0 Å². The van der Waals surface area contributed by atoms with Crippen molar-refractivity contribution in [2.45, 2.75) is 6.92 Å². The molecule has 0 saturated heterocycles. The standard InChI is InChI=1S/C12H14N2O2/c1-7-4-12(15)16-11-6-10(14(2)3)9(13)5-8(7)11/h4-6H,13H2,1-3H3. The van der Waals surface area contributed by atoms with Crippen LogP contribution in [0.25, 0.3) is 11.0 Å². The number of nitrogens with zero attached hydrogens (tertiary/aromatic N) is 1. The number of hydrogen-bond donors (Lipinski definition) is 1.